The Bertz CT molecular complexity index is 1060. The number of piperidine rings is 1. The molecule has 0 aliphatic carbocycles. The van der Waals surface area contributed by atoms with Gasteiger partial charge in [-0.2, -0.15) is 16.7 Å². The summed E-state index contributed by atoms with van der Waals surface area (Å²) in [5.41, 5.74) is 3.30. The Morgan fingerprint density at radius 2 is 2.12 bits per heavy atom. The van der Waals surface area contributed by atoms with Gasteiger partial charge in [0.2, 0.25) is 17.6 Å². The lowest BCUT2D eigenvalue weighted by Crippen LogP contribution is -2.43. The molecule has 1 aromatic heterocycles. The van der Waals surface area contributed by atoms with E-state index in [2.05, 4.69) is 51.5 Å². The molecule has 1 atom stereocenters. The minimum atomic E-state index is -0.301. The highest BCUT2D eigenvalue weighted by molar-refractivity contribution is 7.98. The van der Waals surface area contributed by atoms with Gasteiger partial charge >= 0.3 is 0 Å². The van der Waals surface area contributed by atoms with Crippen LogP contribution in [-0.4, -0.2) is 46.3 Å². The van der Waals surface area contributed by atoms with E-state index in [4.69, 9.17) is 4.52 Å². The minimum absolute atomic E-state index is 0.0278. The molecule has 1 aliphatic rings. The van der Waals surface area contributed by atoms with Crippen LogP contribution in [0.15, 0.2) is 53.1 Å². The summed E-state index contributed by atoms with van der Waals surface area (Å²) in [6.07, 6.45) is 1.85. The number of hydrogen-bond donors (Lipinski definition) is 1. The molecule has 0 saturated carbocycles. The first-order chi connectivity index (χ1) is 16.1. The zero-order valence-corrected chi connectivity index (χ0v) is 19.6. The second-order valence-electron chi connectivity index (χ2n) is 8.43. The Balaban J connectivity index is 1.19. The maximum atomic E-state index is 13.1. The number of aryl methyl sites for hydroxylation is 1. The van der Waals surface area contributed by atoms with Crippen LogP contribution in [0.4, 0.5) is 4.39 Å². The topological polar surface area (TPSA) is 71.3 Å². The van der Waals surface area contributed by atoms with Gasteiger partial charge in [-0.25, -0.2) is 4.39 Å². The largest absolute Gasteiger partial charge is 0.355 e. The molecule has 174 valence electrons. The second-order valence-corrected chi connectivity index (χ2v) is 9.53. The van der Waals surface area contributed by atoms with E-state index in [1.807, 2.05) is 11.8 Å². The molecule has 1 aliphatic heterocycles. The molecule has 0 bridgehead atoms. The van der Waals surface area contributed by atoms with Crippen LogP contribution in [0.3, 0.4) is 0 Å². The predicted octanol–water partition coefficient (Wildman–Crippen LogP) is 4.45. The number of aromatic nitrogens is 2. The van der Waals surface area contributed by atoms with Gasteiger partial charge in [-0.3, -0.25) is 9.69 Å². The zero-order chi connectivity index (χ0) is 23.0. The summed E-state index contributed by atoms with van der Waals surface area (Å²) in [6.45, 7) is 4.85. The minimum Gasteiger partial charge on any atom is -0.355 e. The van der Waals surface area contributed by atoms with Gasteiger partial charge in [-0.15, -0.1) is 0 Å². The van der Waals surface area contributed by atoms with E-state index in [9.17, 15) is 9.18 Å². The van der Waals surface area contributed by atoms with Gasteiger partial charge in [0.05, 0.1) is 12.5 Å². The van der Waals surface area contributed by atoms with Gasteiger partial charge in [0.1, 0.15) is 5.82 Å². The van der Waals surface area contributed by atoms with E-state index >= 15 is 0 Å². The fraction of sp³-hybridized carbons (Fsp3) is 0.400. The summed E-state index contributed by atoms with van der Waals surface area (Å²) in [4.78, 5) is 19.3. The molecule has 1 fully saturated rings. The van der Waals surface area contributed by atoms with Crippen LogP contribution in [0.25, 0.3) is 11.4 Å². The quantitative estimate of drug-likeness (QED) is 0.468. The van der Waals surface area contributed by atoms with Gasteiger partial charge in [0, 0.05) is 30.2 Å². The molecule has 6 nitrogen and oxygen atoms in total. The number of nitrogens with one attached hydrogen (secondary N) is 1. The van der Waals surface area contributed by atoms with Gasteiger partial charge in [-0.1, -0.05) is 35.0 Å². The molecule has 1 amide bonds. The third-order valence-corrected chi connectivity index (χ3v) is 6.73. The van der Waals surface area contributed by atoms with Gasteiger partial charge in [0.15, 0.2) is 0 Å². The number of nitrogens with zero attached hydrogens (tertiary/aromatic N) is 3. The van der Waals surface area contributed by atoms with Crippen LogP contribution in [0.2, 0.25) is 0 Å². The summed E-state index contributed by atoms with van der Waals surface area (Å²) in [7, 11) is 0. The Kier molecular flexibility index (Phi) is 8.12. The number of amides is 1. The van der Waals surface area contributed by atoms with Crippen molar-refractivity contribution in [2.45, 2.75) is 32.1 Å². The number of hydrogen-bond acceptors (Lipinski definition) is 6. The molecule has 4 rings (SSSR count). The van der Waals surface area contributed by atoms with Gasteiger partial charge in [-0.05, 0) is 56.1 Å². The van der Waals surface area contributed by atoms with Crippen molar-refractivity contribution in [2.75, 3.05) is 25.4 Å². The lowest BCUT2D eigenvalue weighted by molar-refractivity contribution is -0.126. The molecule has 1 saturated heterocycles. The van der Waals surface area contributed by atoms with Crippen LogP contribution < -0.4 is 5.32 Å². The summed E-state index contributed by atoms with van der Waals surface area (Å²) in [6, 6.07) is 14.5. The first-order valence-corrected chi connectivity index (χ1v) is 12.4. The highest BCUT2D eigenvalue weighted by atomic mass is 32.2. The average molecular weight is 469 g/mol. The molecule has 0 spiro atoms. The summed E-state index contributed by atoms with van der Waals surface area (Å²) < 4.78 is 18.5. The third-order valence-electron chi connectivity index (χ3n) is 5.70. The van der Waals surface area contributed by atoms with E-state index in [-0.39, 0.29) is 17.6 Å². The first-order valence-electron chi connectivity index (χ1n) is 11.3. The Morgan fingerprint density at radius 3 is 2.94 bits per heavy atom. The molecule has 1 unspecified atom stereocenters. The Morgan fingerprint density at radius 1 is 1.27 bits per heavy atom. The number of benzene rings is 2. The maximum absolute atomic E-state index is 13.1. The molecule has 2 aromatic carbocycles. The molecule has 8 heteroatoms. The van der Waals surface area contributed by atoms with E-state index in [1.165, 1.54) is 23.3 Å². The molecule has 0 radical (unpaired) electrons. The van der Waals surface area contributed by atoms with E-state index in [1.54, 1.807) is 12.1 Å². The van der Waals surface area contributed by atoms with Crippen molar-refractivity contribution in [3.63, 3.8) is 0 Å². The lowest BCUT2D eigenvalue weighted by atomic mass is 9.97. The van der Waals surface area contributed by atoms with Crippen molar-refractivity contribution in [3.05, 3.63) is 71.4 Å². The Hall–Kier alpha value is -2.71. The standard InChI is InChI=1S/C25H29FN4O2S/c1-18-4-2-5-19(14-18)17-33-13-11-27-25(31)21-6-3-12-30(15-21)16-23-28-24(29-32-23)20-7-9-22(26)10-8-20/h2,4-5,7-10,14,21H,3,6,11-13,15-17H2,1H3,(H,27,31). The van der Waals surface area contributed by atoms with Crippen molar-refractivity contribution in [1.29, 1.82) is 0 Å². The summed E-state index contributed by atoms with van der Waals surface area (Å²) in [5, 5.41) is 7.10. The van der Waals surface area contributed by atoms with Gasteiger partial charge in [0.25, 0.3) is 0 Å². The third kappa shape index (κ3) is 6.88. The highest BCUT2D eigenvalue weighted by Crippen LogP contribution is 2.21. The zero-order valence-electron chi connectivity index (χ0n) is 18.8. The molecule has 3 aromatic rings. The van der Waals surface area contributed by atoms with Crippen molar-refractivity contribution in [2.24, 2.45) is 5.92 Å². The van der Waals surface area contributed by atoms with Crippen molar-refractivity contribution in [3.8, 4) is 11.4 Å². The fourth-order valence-electron chi connectivity index (χ4n) is 4.02. The van der Waals surface area contributed by atoms with Crippen LogP contribution in [0.1, 0.15) is 29.9 Å². The first kappa shape index (κ1) is 23.4. The van der Waals surface area contributed by atoms with Crippen LogP contribution in [0, 0.1) is 18.7 Å². The van der Waals surface area contributed by atoms with Gasteiger partial charge < -0.3 is 9.84 Å². The van der Waals surface area contributed by atoms with E-state index < -0.39 is 0 Å². The van der Waals surface area contributed by atoms with Crippen molar-refractivity contribution in [1.82, 2.24) is 20.4 Å². The number of halogens is 1. The molecule has 33 heavy (non-hydrogen) atoms. The van der Waals surface area contributed by atoms with Crippen LogP contribution >= 0.6 is 11.8 Å². The fourth-order valence-corrected chi connectivity index (χ4v) is 4.83. The molecular formula is C25H29FN4O2S. The second kappa shape index (κ2) is 11.4. The lowest BCUT2D eigenvalue weighted by Gasteiger charge is -2.30. The molecule has 1 N–H and O–H groups in total. The normalized spacial score (nSPS) is 16.6. The summed E-state index contributed by atoms with van der Waals surface area (Å²) >= 11 is 1.83. The number of likely N-dealkylation sites (tertiary alicyclic amines) is 1. The van der Waals surface area contributed by atoms with Crippen molar-refractivity contribution >= 4 is 17.7 Å². The highest BCUT2D eigenvalue weighted by Gasteiger charge is 2.26. The SMILES string of the molecule is Cc1cccc(CSCCNC(=O)C2CCCN(Cc3nc(-c4ccc(F)cc4)no3)C2)c1. The molecule has 2 heterocycles. The molecular weight excluding hydrogens is 439 g/mol. The van der Waals surface area contributed by atoms with Crippen LogP contribution in [-0.2, 0) is 17.1 Å². The predicted molar refractivity (Wildman–Crippen MR) is 128 cm³/mol. The smallest absolute Gasteiger partial charge is 0.241 e. The van der Waals surface area contributed by atoms with Crippen LogP contribution in [0.5, 0.6) is 0 Å². The number of thioether (sulfide) groups is 1. The summed E-state index contributed by atoms with van der Waals surface area (Å²) in [5.74, 6) is 2.59. The number of carbonyl (C=O) groups excluding carboxylic acids is 1. The number of carbonyl (C=O) groups is 1. The number of rotatable bonds is 9. The Labute approximate surface area is 197 Å². The van der Waals surface area contributed by atoms with Crippen molar-refractivity contribution < 1.29 is 13.7 Å². The van der Waals surface area contributed by atoms with E-state index in [0.29, 0.717) is 36.9 Å². The van der Waals surface area contributed by atoms with E-state index in [0.717, 1.165) is 30.9 Å². The maximum Gasteiger partial charge on any atom is 0.241 e. The monoisotopic (exact) mass is 468 g/mol. The average Bonchev–Trinajstić information content (AvgIpc) is 3.28.